The van der Waals surface area contributed by atoms with E-state index in [1.54, 1.807) is 18.2 Å². The summed E-state index contributed by atoms with van der Waals surface area (Å²) in [5.41, 5.74) is 1.10. The fraction of sp³-hybridized carbons (Fsp3) is 0.278. The van der Waals surface area contributed by atoms with Crippen molar-refractivity contribution in [3.63, 3.8) is 0 Å². The SMILES string of the molecule is O=C(NC(=S)Nc1ccccc1C(=O)N1CCCCC1)c1ccc(Br)o1. The summed E-state index contributed by atoms with van der Waals surface area (Å²) in [5, 5.41) is 5.58. The third-order valence-corrected chi connectivity index (χ3v) is 4.70. The Kier molecular flexibility index (Phi) is 6.05. The lowest BCUT2D eigenvalue weighted by Gasteiger charge is -2.27. The first-order valence-electron chi connectivity index (χ1n) is 8.30. The van der Waals surface area contributed by atoms with Crippen molar-refractivity contribution in [3.8, 4) is 0 Å². The Hall–Kier alpha value is -2.19. The zero-order valence-corrected chi connectivity index (χ0v) is 16.4. The van der Waals surface area contributed by atoms with E-state index in [0.29, 0.717) is 15.9 Å². The van der Waals surface area contributed by atoms with Gasteiger partial charge < -0.3 is 14.6 Å². The van der Waals surface area contributed by atoms with Crippen LogP contribution in [0.3, 0.4) is 0 Å². The van der Waals surface area contributed by atoms with E-state index < -0.39 is 5.91 Å². The summed E-state index contributed by atoms with van der Waals surface area (Å²) in [5.74, 6) is -0.358. The first-order chi connectivity index (χ1) is 12.5. The number of piperidine rings is 1. The molecule has 1 saturated heterocycles. The Morgan fingerprint density at radius 2 is 1.81 bits per heavy atom. The molecule has 2 N–H and O–H groups in total. The number of halogens is 1. The highest BCUT2D eigenvalue weighted by molar-refractivity contribution is 9.10. The van der Waals surface area contributed by atoms with E-state index in [4.69, 9.17) is 16.6 Å². The zero-order chi connectivity index (χ0) is 18.5. The lowest BCUT2D eigenvalue weighted by Crippen LogP contribution is -2.37. The molecule has 0 atom stereocenters. The molecule has 26 heavy (non-hydrogen) atoms. The summed E-state index contributed by atoms with van der Waals surface area (Å²) in [4.78, 5) is 26.7. The van der Waals surface area contributed by atoms with Crippen LogP contribution in [0.25, 0.3) is 0 Å². The summed E-state index contributed by atoms with van der Waals surface area (Å²) < 4.78 is 5.65. The van der Waals surface area contributed by atoms with Gasteiger partial charge in [0.05, 0.1) is 11.3 Å². The van der Waals surface area contributed by atoms with Crippen molar-refractivity contribution < 1.29 is 14.0 Å². The molecule has 3 rings (SSSR count). The number of likely N-dealkylation sites (tertiary alicyclic amines) is 1. The highest BCUT2D eigenvalue weighted by Gasteiger charge is 2.21. The van der Waals surface area contributed by atoms with Gasteiger partial charge in [-0.1, -0.05) is 12.1 Å². The normalized spacial score (nSPS) is 14.0. The predicted octanol–water partition coefficient (Wildman–Crippen LogP) is 3.80. The number of furan rings is 1. The van der Waals surface area contributed by atoms with Crippen LogP contribution in [0.5, 0.6) is 0 Å². The number of hydrogen-bond donors (Lipinski definition) is 2. The summed E-state index contributed by atoms with van der Waals surface area (Å²) in [6.45, 7) is 1.53. The number of carbonyl (C=O) groups is 2. The molecule has 2 heterocycles. The number of nitrogens with one attached hydrogen (secondary N) is 2. The number of benzene rings is 1. The van der Waals surface area contributed by atoms with Crippen LogP contribution in [0.4, 0.5) is 5.69 Å². The molecular weight excluding hydrogens is 418 g/mol. The number of hydrogen-bond acceptors (Lipinski definition) is 4. The molecule has 2 aromatic rings. The Balaban J connectivity index is 1.68. The molecule has 0 spiro atoms. The molecule has 1 fully saturated rings. The highest BCUT2D eigenvalue weighted by atomic mass is 79.9. The third kappa shape index (κ3) is 4.50. The maximum atomic E-state index is 12.8. The van der Waals surface area contributed by atoms with Crippen LogP contribution in [-0.2, 0) is 0 Å². The first-order valence-corrected chi connectivity index (χ1v) is 9.50. The van der Waals surface area contributed by atoms with Crippen molar-refractivity contribution in [2.24, 2.45) is 0 Å². The minimum Gasteiger partial charge on any atom is -0.444 e. The second-order valence-corrected chi connectivity index (χ2v) is 7.10. The van der Waals surface area contributed by atoms with E-state index in [0.717, 1.165) is 32.4 Å². The van der Waals surface area contributed by atoms with Crippen molar-refractivity contribution in [1.82, 2.24) is 10.2 Å². The minimum absolute atomic E-state index is 0.0307. The number of rotatable bonds is 3. The van der Waals surface area contributed by atoms with Gasteiger partial charge in [0.15, 0.2) is 15.5 Å². The van der Waals surface area contributed by atoms with E-state index in [-0.39, 0.29) is 16.8 Å². The van der Waals surface area contributed by atoms with Gasteiger partial charge in [0.2, 0.25) is 0 Å². The minimum atomic E-state index is -0.465. The molecule has 0 radical (unpaired) electrons. The highest BCUT2D eigenvalue weighted by Crippen LogP contribution is 2.20. The fourth-order valence-electron chi connectivity index (χ4n) is 2.80. The largest absolute Gasteiger partial charge is 0.444 e. The van der Waals surface area contributed by atoms with Crippen LogP contribution < -0.4 is 10.6 Å². The van der Waals surface area contributed by atoms with Gasteiger partial charge in [-0.15, -0.1) is 0 Å². The van der Waals surface area contributed by atoms with E-state index in [2.05, 4.69) is 26.6 Å². The summed E-state index contributed by atoms with van der Waals surface area (Å²) >= 11 is 8.35. The summed E-state index contributed by atoms with van der Waals surface area (Å²) in [6, 6.07) is 10.3. The lowest BCUT2D eigenvalue weighted by atomic mass is 10.1. The quantitative estimate of drug-likeness (QED) is 0.717. The molecule has 8 heteroatoms. The molecule has 0 bridgehead atoms. The number of carbonyl (C=O) groups excluding carboxylic acids is 2. The molecule has 6 nitrogen and oxygen atoms in total. The first kappa shape index (κ1) is 18.6. The summed E-state index contributed by atoms with van der Waals surface area (Å²) in [7, 11) is 0. The van der Waals surface area contributed by atoms with Gasteiger partial charge in [-0.25, -0.2) is 0 Å². The van der Waals surface area contributed by atoms with Crippen molar-refractivity contribution in [3.05, 3.63) is 52.4 Å². The molecule has 0 aliphatic carbocycles. The predicted molar refractivity (Wildman–Crippen MR) is 106 cm³/mol. The van der Waals surface area contributed by atoms with Gasteiger partial charge in [-0.05, 0) is 71.7 Å². The Morgan fingerprint density at radius 3 is 2.50 bits per heavy atom. The van der Waals surface area contributed by atoms with Crippen molar-refractivity contribution in [1.29, 1.82) is 0 Å². The number of nitrogens with zero attached hydrogens (tertiary/aromatic N) is 1. The van der Waals surface area contributed by atoms with Crippen molar-refractivity contribution in [2.45, 2.75) is 19.3 Å². The number of para-hydroxylation sites is 1. The van der Waals surface area contributed by atoms with Crippen LogP contribution in [0.2, 0.25) is 0 Å². The maximum absolute atomic E-state index is 12.8. The molecule has 1 aliphatic rings. The summed E-state index contributed by atoms with van der Waals surface area (Å²) in [6.07, 6.45) is 3.20. The van der Waals surface area contributed by atoms with Gasteiger partial charge in [0.25, 0.3) is 11.8 Å². The Labute approximate surface area is 165 Å². The van der Waals surface area contributed by atoms with Gasteiger partial charge in [-0.2, -0.15) is 0 Å². The van der Waals surface area contributed by atoms with E-state index >= 15 is 0 Å². The van der Waals surface area contributed by atoms with Crippen molar-refractivity contribution >= 4 is 50.8 Å². The molecule has 1 aliphatic heterocycles. The smallest absolute Gasteiger partial charge is 0.293 e. The molecule has 2 amide bonds. The second kappa shape index (κ2) is 8.46. The van der Waals surface area contributed by atoms with Crippen LogP contribution in [0.15, 0.2) is 45.5 Å². The molecule has 1 aromatic heterocycles. The third-order valence-electron chi connectivity index (χ3n) is 4.07. The molecular formula is C18H18BrN3O3S. The molecule has 0 saturated carbocycles. The zero-order valence-electron chi connectivity index (χ0n) is 14.0. The van der Waals surface area contributed by atoms with Crippen LogP contribution in [-0.4, -0.2) is 34.9 Å². The van der Waals surface area contributed by atoms with Gasteiger partial charge in [0.1, 0.15) is 0 Å². The topological polar surface area (TPSA) is 74.6 Å². The van der Waals surface area contributed by atoms with Crippen LogP contribution in [0.1, 0.15) is 40.2 Å². The van der Waals surface area contributed by atoms with E-state index in [1.807, 2.05) is 17.0 Å². The number of amides is 2. The molecule has 1 aromatic carbocycles. The number of anilines is 1. The average Bonchev–Trinajstić information content (AvgIpc) is 3.09. The Bertz CT molecular complexity index is 831. The second-order valence-electron chi connectivity index (χ2n) is 5.91. The lowest BCUT2D eigenvalue weighted by molar-refractivity contribution is 0.0725. The molecule has 136 valence electrons. The van der Waals surface area contributed by atoms with Crippen LogP contribution in [0, 0.1) is 0 Å². The monoisotopic (exact) mass is 435 g/mol. The van der Waals surface area contributed by atoms with Gasteiger partial charge in [-0.3, -0.25) is 14.9 Å². The standard InChI is InChI=1S/C18H18BrN3O3S/c19-15-9-8-14(25-15)16(23)21-18(26)20-13-7-3-2-6-12(13)17(24)22-10-4-1-5-11-22/h2-3,6-9H,1,4-5,10-11H2,(H2,20,21,23,26). The number of thiocarbonyl (C=S) groups is 1. The van der Waals surface area contributed by atoms with Gasteiger partial charge >= 0.3 is 0 Å². The van der Waals surface area contributed by atoms with Crippen molar-refractivity contribution in [2.75, 3.05) is 18.4 Å². The Morgan fingerprint density at radius 1 is 1.08 bits per heavy atom. The van der Waals surface area contributed by atoms with Crippen LogP contribution >= 0.6 is 28.1 Å². The van der Waals surface area contributed by atoms with Gasteiger partial charge in [0, 0.05) is 13.1 Å². The van der Waals surface area contributed by atoms with E-state index in [9.17, 15) is 9.59 Å². The van der Waals surface area contributed by atoms with E-state index in [1.165, 1.54) is 6.07 Å². The maximum Gasteiger partial charge on any atom is 0.293 e. The average molecular weight is 436 g/mol. The fourth-order valence-corrected chi connectivity index (χ4v) is 3.31. The molecule has 0 unspecified atom stereocenters.